The van der Waals surface area contributed by atoms with Crippen LogP contribution in [-0.2, 0) is 11.2 Å². The van der Waals surface area contributed by atoms with E-state index in [1.807, 2.05) is 6.08 Å². The molecular weight excluding hydrogens is 470 g/mol. The number of hydrogen-bond acceptors (Lipinski definition) is 5. The van der Waals surface area contributed by atoms with Gasteiger partial charge in [0, 0.05) is 30.6 Å². The Morgan fingerprint density at radius 3 is 2.63 bits per heavy atom. The van der Waals surface area contributed by atoms with Crippen LogP contribution in [0.25, 0.3) is 17.0 Å². The van der Waals surface area contributed by atoms with E-state index in [4.69, 9.17) is 17.2 Å². The van der Waals surface area contributed by atoms with Gasteiger partial charge in [-0.15, -0.1) is 0 Å². The summed E-state index contributed by atoms with van der Waals surface area (Å²) >= 11 is 6.90. The lowest BCUT2D eigenvalue weighted by Crippen LogP contribution is -2.35. The molecule has 1 aromatic heterocycles. The van der Waals surface area contributed by atoms with E-state index in [0.717, 1.165) is 61.1 Å². The SMILES string of the molecule is CCCN1C(=O)/C(=C/c2cc3cc(C)ccc3nc2N2CCC(Cc3ccccc3)CC2)SC1=S. The van der Waals surface area contributed by atoms with Crippen LogP contribution in [0.2, 0.25) is 0 Å². The van der Waals surface area contributed by atoms with E-state index in [9.17, 15) is 4.79 Å². The van der Waals surface area contributed by atoms with Gasteiger partial charge in [0.05, 0.1) is 10.4 Å². The van der Waals surface area contributed by atoms with Crippen LogP contribution in [0.5, 0.6) is 0 Å². The molecule has 2 aliphatic rings. The molecule has 2 aromatic carbocycles. The van der Waals surface area contributed by atoms with Crippen molar-refractivity contribution in [2.24, 2.45) is 5.92 Å². The third-order valence-electron chi connectivity index (χ3n) is 6.87. The van der Waals surface area contributed by atoms with Crippen molar-refractivity contribution < 1.29 is 4.79 Å². The number of rotatable bonds is 6. The van der Waals surface area contributed by atoms with Gasteiger partial charge < -0.3 is 4.90 Å². The predicted molar refractivity (Wildman–Crippen MR) is 152 cm³/mol. The number of carbonyl (C=O) groups excluding carboxylic acids is 1. The fourth-order valence-corrected chi connectivity index (χ4v) is 6.31. The van der Waals surface area contributed by atoms with Gasteiger partial charge in [-0.25, -0.2) is 4.98 Å². The summed E-state index contributed by atoms with van der Waals surface area (Å²) in [4.78, 5) is 23.0. The van der Waals surface area contributed by atoms with Crippen molar-refractivity contribution in [1.82, 2.24) is 9.88 Å². The Kier molecular flexibility index (Phi) is 7.21. The fourth-order valence-electron chi connectivity index (χ4n) is 5.02. The van der Waals surface area contributed by atoms with Crippen LogP contribution in [-0.4, -0.2) is 39.7 Å². The molecule has 1 amide bonds. The summed E-state index contributed by atoms with van der Waals surface area (Å²) < 4.78 is 0.649. The highest BCUT2D eigenvalue weighted by atomic mass is 32.2. The van der Waals surface area contributed by atoms with Gasteiger partial charge >= 0.3 is 0 Å². The number of aryl methyl sites for hydroxylation is 1. The lowest BCUT2D eigenvalue weighted by Gasteiger charge is -2.34. The number of anilines is 1. The van der Waals surface area contributed by atoms with Gasteiger partial charge in [0.25, 0.3) is 5.91 Å². The Balaban J connectivity index is 1.44. The molecule has 4 nitrogen and oxygen atoms in total. The molecule has 0 N–H and O–H groups in total. The summed E-state index contributed by atoms with van der Waals surface area (Å²) in [5.74, 6) is 1.67. The number of pyridine rings is 1. The molecule has 0 atom stereocenters. The highest BCUT2D eigenvalue weighted by molar-refractivity contribution is 8.26. The summed E-state index contributed by atoms with van der Waals surface area (Å²) in [6.07, 6.45) is 6.31. The molecule has 2 fully saturated rings. The molecule has 0 spiro atoms. The lowest BCUT2D eigenvalue weighted by molar-refractivity contribution is -0.122. The van der Waals surface area contributed by atoms with Gasteiger partial charge in [-0.2, -0.15) is 0 Å². The van der Waals surface area contributed by atoms with Crippen molar-refractivity contribution in [2.45, 2.75) is 39.5 Å². The normalized spacial score (nSPS) is 18.3. The van der Waals surface area contributed by atoms with E-state index in [2.05, 4.69) is 73.3 Å². The molecule has 3 aromatic rings. The average Bonchev–Trinajstić information content (AvgIpc) is 3.12. The Morgan fingerprint density at radius 1 is 1.11 bits per heavy atom. The molecule has 0 aliphatic carbocycles. The zero-order chi connectivity index (χ0) is 24.4. The largest absolute Gasteiger partial charge is 0.356 e. The number of thioether (sulfide) groups is 1. The molecular formula is C29H31N3OS2. The van der Waals surface area contributed by atoms with Crippen LogP contribution in [0, 0.1) is 12.8 Å². The third kappa shape index (κ3) is 5.29. The first-order valence-corrected chi connectivity index (χ1v) is 13.7. The summed E-state index contributed by atoms with van der Waals surface area (Å²) in [5.41, 5.74) is 4.61. The summed E-state index contributed by atoms with van der Waals surface area (Å²) in [7, 11) is 0. The first-order valence-electron chi connectivity index (χ1n) is 12.5. The molecule has 180 valence electrons. The summed E-state index contributed by atoms with van der Waals surface area (Å²) in [6.45, 7) is 6.77. The zero-order valence-electron chi connectivity index (χ0n) is 20.4. The maximum Gasteiger partial charge on any atom is 0.266 e. The molecule has 35 heavy (non-hydrogen) atoms. The standard InChI is InChI=1S/C29H31N3OS2/c1-3-13-32-28(33)26(35-29(32)34)19-24-18-23-16-20(2)9-10-25(23)30-27(24)31-14-11-22(12-15-31)17-21-7-5-4-6-8-21/h4-10,16,18-19,22H,3,11-15,17H2,1-2H3/b26-19-. The average molecular weight is 502 g/mol. The molecule has 0 unspecified atom stereocenters. The van der Waals surface area contributed by atoms with Crippen LogP contribution in [0.15, 0.2) is 59.5 Å². The first-order chi connectivity index (χ1) is 17.0. The van der Waals surface area contributed by atoms with Crippen molar-refractivity contribution in [3.63, 3.8) is 0 Å². The second kappa shape index (κ2) is 10.5. The van der Waals surface area contributed by atoms with Crippen LogP contribution in [0.3, 0.4) is 0 Å². The fraction of sp³-hybridized carbons (Fsp3) is 0.345. The Labute approximate surface area is 217 Å². The molecule has 0 bridgehead atoms. The number of piperidine rings is 1. The van der Waals surface area contributed by atoms with Crippen LogP contribution < -0.4 is 4.90 Å². The number of amides is 1. The number of aromatic nitrogens is 1. The van der Waals surface area contributed by atoms with Crippen molar-refractivity contribution in [3.05, 3.63) is 76.2 Å². The zero-order valence-corrected chi connectivity index (χ0v) is 22.0. The second-order valence-electron chi connectivity index (χ2n) is 9.55. The topological polar surface area (TPSA) is 36.4 Å². The van der Waals surface area contributed by atoms with Crippen LogP contribution in [0.4, 0.5) is 5.82 Å². The number of thiocarbonyl (C=S) groups is 1. The first kappa shape index (κ1) is 24.0. The van der Waals surface area contributed by atoms with E-state index in [1.54, 1.807) is 4.90 Å². The molecule has 2 aliphatic heterocycles. The van der Waals surface area contributed by atoms with E-state index in [0.29, 0.717) is 21.7 Å². The van der Waals surface area contributed by atoms with Gasteiger partial charge in [0.2, 0.25) is 0 Å². The Morgan fingerprint density at radius 2 is 1.89 bits per heavy atom. The maximum atomic E-state index is 13.0. The Bertz CT molecular complexity index is 1280. The van der Waals surface area contributed by atoms with E-state index < -0.39 is 0 Å². The minimum atomic E-state index is 0.0127. The van der Waals surface area contributed by atoms with Gasteiger partial charge in [0.15, 0.2) is 0 Å². The van der Waals surface area contributed by atoms with E-state index in [-0.39, 0.29) is 5.91 Å². The minimum Gasteiger partial charge on any atom is -0.356 e. The monoisotopic (exact) mass is 501 g/mol. The van der Waals surface area contributed by atoms with Crippen LogP contribution >= 0.6 is 24.0 Å². The lowest BCUT2D eigenvalue weighted by atomic mass is 9.90. The molecule has 0 radical (unpaired) electrons. The molecule has 5 rings (SSSR count). The van der Waals surface area contributed by atoms with Crippen molar-refractivity contribution in [1.29, 1.82) is 0 Å². The Hall–Kier alpha value is -2.70. The molecule has 3 heterocycles. The number of fused-ring (bicyclic) bond motifs is 1. The van der Waals surface area contributed by atoms with Gasteiger partial charge in [0.1, 0.15) is 10.1 Å². The number of hydrogen-bond donors (Lipinski definition) is 0. The summed E-state index contributed by atoms with van der Waals surface area (Å²) in [6, 6.07) is 19.3. The quantitative estimate of drug-likeness (QED) is 0.280. The molecule has 6 heteroatoms. The second-order valence-corrected chi connectivity index (χ2v) is 11.2. The van der Waals surface area contributed by atoms with Crippen molar-refractivity contribution >= 4 is 57.0 Å². The molecule has 2 saturated heterocycles. The molecule has 0 saturated carbocycles. The van der Waals surface area contributed by atoms with E-state index in [1.165, 1.54) is 22.9 Å². The van der Waals surface area contributed by atoms with Crippen molar-refractivity contribution in [3.8, 4) is 0 Å². The van der Waals surface area contributed by atoms with Gasteiger partial charge in [-0.1, -0.05) is 72.9 Å². The maximum absolute atomic E-state index is 13.0. The summed E-state index contributed by atoms with van der Waals surface area (Å²) in [5, 5.41) is 1.10. The van der Waals surface area contributed by atoms with Crippen LogP contribution in [0.1, 0.15) is 42.9 Å². The number of nitrogens with zero attached hydrogens (tertiary/aromatic N) is 3. The number of benzene rings is 2. The van der Waals surface area contributed by atoms with Gasteiger partial charge in [-0.05, 0) is 68.4 Å². The minimum absolute atomic E-state index is 0.0127. The predicted octanol–water partition coefficient (Wildman–Crippen LogP) is 6.61. The third-order valence-corrected chi connectivity index (χ3v) is 8.25. The number of carbonyl (C=O) groups is 1. The van der Waals surface area contributed by atoms with Crippen molar-refractivity contribution in [2.75, 3.05) is 24.5 Å². The highest BCUT2D eigenvalue weighted by Gasteiger charge is 2.32. The van der Waals surface area contributed by atoms with E-state index >= 15 is 0 Å². The van der Waals surface area contributed by atoms with Gasteiger partial charge in [-0.3, -0.25) is 9.69 Å². The highest BCUT2D eigenvalue weighted by Crippen LogP contribution is 2.36. The smallest absolute Gasteiger partial charge is 0.266 e.